The van der Waals surface area contributed by atoms with E-state index < -0.39 is 0 Å². The average Bonchev–Trinajstić information content (AvgIpc) is 2.70. The Balaban J connectivity index is 1.55. The van der Waals surface area contributed by atoms with Crippen LogP contribution in [-0.2, 0) is 0 Å². The van der Waals surface area contributed by atoms with E-state index in [2.05, 4.69) is 59.7 Å². The summed E-state index contributed by atoms with van der Waals surface area (Å²) < 4.78 is 0. The molecule has 0 radical (unpaired) electrons. The molecule has 3 aliphatic heterocycles. The fourth-order valence-corrected chi connectivity index (χ4v) is 5.59. The third-order valence-corrected chi connectivity index (χ3v) is 6.71. The van der Waals surface area contributed by atoms with E-state index in [1.54, 1.807) is 11.3 Å². The highest BCUT2D eigenvalue weighted by atomic mass is 32.2. The molecule has 3 aliphatic rings. The van der Waals surface area contributed by atoms with Gasteiger partial charge in [-0.05, 0) is 50.5 Å². The first-order valence-electron chi connectivity index (χ1n) is 9.12. The van der Waals surface area contributed by atoms with Crippen LogP contribution in [0, 0.1) is 0 Å². The maximum atomic E-state index is 2.77. The molecule has 1 aromatic carbocycles. The quantitative estimate of drug-likeness (QED) is 0.754. The standard InChI is InChI=1S/C20H28N2S/c1-15(2)6-4-10-21-12-9-18-17(14-21)16-7-3-8-19-20(16)22(18)11-5-13-23-19/h3,6-8,17-18H,4-5,9-14H2,1-2H3. The number of rotatable bonds is 3. The van der Waals surface area contributed by atoms with Gasteiger partial charge in [-0.1, -0.05) is 23.8 Å². The summed E-state index contributed by atoms with van der Waals surface area (Å²) in [5.41, 5.74) is 4.67. The minimum absolute atomic E-state index is 0.726. The summed E-state index contributed by atoms with van der Waals surface area (Å²) in [6, 6.07) is 7.78. The number of hydrogen-bond acceptors (Lipinski definition) is 3. The van der Waals surface area contributed by atoms with Crippen LogP contribution in [0.2, 0.25) is 0 Å². The Kier molecular flexibility index (Phi) is 4.42. The largest absolute Gasteiger partial charge is 0.367 e. The number of likely N-dealkylation sites (tertiary alicyclic amines) is 1. The third-order valence-electron chi connectivity index (χ3n) is 5.58. The van der Waals surface area contributed by atoms with E-state index in [1.807, 2.05) is 0 Å². The minimum atomic E-state index is 0.726. The number of allylic oxidation sites excluding steroid dienone is 1. The first-order valence-corrected chi connectivity index (χ1v) is 10.1. The lowest BCUT2D eigenvalue weighted by Gasteiger charge is -2.39. The van der Waals surface area contributed by atoms with Gasteiger partial charge in [0.15, 0.2) is 0 Å². The maximum absolute atomic E-state index is 2.77. The van der Waals surface area contributed by atoms with Crippen LogP contribution in [0.25, 0.3) is 0 Å². The Bertz CT molecular complexity index is 606. The van der Waals surface area contributed by atoms with Crippen LogP contribution in [0.1, 0.15) is 44.6 Å². The van der Waals surface area contributed by atoms with E-state index >= 15 is 0 Å². The Labute approximate surface area is 144 Å². The fraction of sp³-hybridized carbons (Fsp3) is 0.600. The van der Waals surface area contributed by atoms with Crippen molar-refractivity contribution in [3.63, 3.8) is 0 Å². The van der Waals surface area contributed by atoms with Gasteiger partial charge in [0.05, 0.1) is 5.69 Å². The van der Waals surface area contributed by atoms with Crippen molar-refractivity contribution in [2.24, 2.45) is 0 Å². The molecule has 3 heteroatoms. The van der Waals surface area contributed by atoms with E-state index in [9.17, 15) is 0 Å². The molecule has 0 saturated carbocycles. The summed E-state index contributed by atoms with van der Waals surface area (Å²) in [5.74, 6) is 2.00. The number of thioether (sulfide) groups is 1. The lowest BCUT2D eigenvalue weighted by atomic mass is 9.89. The monoisotopic (exact) mass is 328 g/mol. The molecule has 1 saturated heterocycles. The molecule has 0 bridgehead atoms. The van der Waals surface area contributed by atoms with Crippen molar-refractivity contribution in [2.45, 2.75) is 50.0 Å². The smallest absolute Gasteiger partial charge is 0.0543 e. The maximum Gasteiger partial charge on any atom is 0.0543 e. The van der Waals surface area contributed by atoms with Crippen molar-refractivity contribution in [3.8, 4) is 0 Å². The van der Waals surface area contributed by atoms with E-state index in [-0.39, 0.29) is 0 Å². The summed E-state index contributed by atoms with van der Waals surface area (Å²) in [7, 11) is 0. The normalized spacial score (nSPS) is 26.4. The molecule has 0 amide bonds. The van der Waals surface area contributed by atoms with E-state index in [4.69, 9.17) is 0 Å². The molecule has 124 valence electrons. The lowest BCUT2D eigenvalue weighted by Crippen LogP contribution is -2.46. The summed E-state index contributed by atoms with van der Waals surface area (Å²) in [6.45, 7) is 9.40. The summed E-state index contributed by atoms with van der Waals surface area (Å²) >= 11 is 2.07. The lowest BCUT2D eigenvalue weighted by molar-refractivity contribution is 0.196. The molecule has 0 aromatic heterocycles. The van der Waals surface area contributed by atoms with Gasteiger partial charge in [0, 0.05) is 43.0 Å². The molecule has 2 atom stereocenters. The Morgan fingerprint density at radius 3 is 3.09 bits per heavy atom. The molecular formula is C20H28N2S. The van der Waals surface area contributed by atoms with Crippen molar-refractivity contribution in [2.75, 3.05) is 36.8 Å². The summed E-state index contributed by atoms with van der Waals surface area (Å²) in [5, 5.41) is 0. The molecule has 2 nitrogen and oxygen atoms in total. The van der Waals surface area contributed by atoms with Crippen molar-refractivity contribution in [3.05, 3.63) is 35.4 Å². The summed E-state index contributed by atoms with van der Waals surface area (Å²) in [6.07, 6.45) is 6.24. The number of para-hydroxylation sites is 1. The zero-order valence-electron chi connectivity index (χ0n) is 14.4. The Morgan fingerprint density at radius 2 is 2.22 bits per heavy atom. The number of benzene rings is 1. The zero-order chi connectivity index (χ0) is 15.8. The van der Waals surface area contributed by atoms with Crippen LogP contribution in [0.4, 0.5) is 5.69 Å². The zero-order valence-corrected chi connectivity index (χ0v) is 15.2. The van der Waals surface area contributed by atoms with Crippen LogP contribution >= 0.6 is 11.8 Å². The van der Waals surface area contributed by atoms with Crippen molar-refractivity contribution in [1.29, 1.82) is 0 Å². The topological polar surface area (TPSA) is 6.48 Å². The SMILES string of the molecule is CC(C)=CCCN1CCC2C(C1)c1cccc3c1N2CCCS3. The number of nitrogens with zero attached hydrogens (tertiary/aromatic N) is 2. The van der Waals surface area contributed by atoms with E-state index in [0.717, 1.165) is 12.0 Å². The second-order valence-corrected chi connectivity index (χ2v) is 8.56. The highest BCUT2D eigenvalue weighted by Gasteiger charge is 2.42. The van der Waals surface area contributed by atoms with Gasteiger partial charge in [0.1, 0.15) is 0 Å². The Morgan fingerprint density at radius 1 is 1.30 bits per heavy atom. The second kappa shape index (κ2) is 6.52. The van der Waals surface area contributed by atoms with Crippen molar-refractivity contribution < 1.29 is 0 Å². The molecule has 3 heterocycles. The third kappa shape index (κ3) is 2.94. The van der Waals surface area contributed by atoms with Crippen LogP contribution in [0.3, 0.4) is 0 Å². The molecule has 0 spiro atoms. The first kappa shape index (κ1) is 15.6. The van der Waals surface area contributed by atoms with E-state index in [1.165, 1.54) is 61.7 Å². The van der Waals surface area contributed by atoms with Crippen molar-refractivity contribution in [1.82, 2.24) is 4.90 Å². The summed E-state index contributed by atoms with van der Waals surface area (Å²) in [4.78, 5) is 6.99. The van der Waals surface area contributed by atoms with Gasteiger partial charge >= 0.3 is 0 Å². The molecule has 2 unspecified atom stereocenters. The molecule has 23 heavy (non-hydrogen) atoms. The molecule has 0 aliphatic carbocycles. The average molecular weight is 329 g/mol. The number of piperidine rings is 1. The van der Waals surface area contributed by atoms with Gasteiger partial charge < -0.3 is 9.80 Å². The molecule has 1 fully saturated rings. The van der Waals surface area contributed by atoms with Gasteiger partial charge in [-0.3, -0.25) is 0 Å². The molecule has 4 rings (SSSR count). The Hall–Kier alpha value is -0.930. The number of anilines is 1. The number of hydrogen-bond donors (Lipinski definition) is 0. The second-order valence-electron chi connectivity index (χ2n) is 7.42. The minimum Gasteiger partial charge on any atom is -0.367 e. The van der Waals surface area contributed by atoms with Gasteiger partial charge in [0.25, 0.3) is 0 Å². The highest BCUT2D eigenvalue weighted by Crippen LogP contribution is 2.50. The van der Waals surface area contributed by atoms with Crippen LogP contribution in [0.15, 0.2) is 34.7 Å². The van der Waals surface area contributed by atoms with Gasteiger partial charge in [0.2, 0.25) is 0 Å². The fourth-order valence-electron chi connectivity index (χ4n) is 4.55. The molecular weight excluding hydrogens is 300 g/mol. The van der Waals surface area contributed by atoms with Gasteiger partial charge in [-0.2, -0.15) is 0 Å². The van der Waals surface area contributed by atoms with Gasteiger partial charge in [-0.15, -0.1) is 11.8 Å². The van der Waals surface area contributed by atoms with Crippen LogP contribution in [-0.4, -0.2) is 42.9 Å². The predicted molar refractivity (Wildman–Crippen MR) is 101 cm³/mol. The van der Waals surface area contributed by atoms with E-state index in [0.29, 0.717) is 0 Å². The molecule has 0 N–H and O–H groups in total. The number of fused-ring (bicyclic) bond motifs is 3. The van der Waals surface area contributed by atoms with Crippen LogP contribution in [0.5, 0.6) is 0 Å². The molecule has 1 aromatic rings. The predicted octanol–water partition coefficient (Wildman–Crippen LogP) is 4.52. The van der Waals surface area contributed by atoms with Gasteiger partial charge in [-0.25, -0.2) is 0 Å². The van der Waals surface area contributed by atoms with Crippen LogP contribution < -0.4 is 4.90 Å². The van der Waals surface area contributed by atoms with Crippen molar-refractivity contribution >= 4 is 17.4 Å². The highest BCUT2D eigenvalue weighted by molar-refractivity contribution is 7.99. The first-order chi connectivity index (χ1) is 11.2.